The minimum atomic E-state index is -0.0881. The first-order chi connectivity index (χ1) is 6.89. The second-order valence-electron chi connectivity index (χ2n) is 5.35. The van der Waals surface area contributed by atoms with Crippen molar-refractivity contribution in [1.82, 2.24) is 0 Å². The van der Waals surface area contributed by atoms with Crippen LogP contribution in [0.15, 0.2) is 17.7 Å². The first kappa shape index (κ1) is 10.4. The van der Waals surface area contributed by atoms with E-state index < -0.39 is 0 Å². The zero-order chi connectivity index (χ0) is 11.2. The van der Waals surface area contributed by atoms with E-state index in [2.05, 4.69) is 27.7 Å². The van der Waals surface area contributed by atoms with Crippen LogP contribution in [0, 0.1) is 18.2 Å². The molecule has 2 rings (SSSR count). The summed E-state index contributed by atoms with van der Waals surface area (Å²) in [5, 5.41) is 0. The molecule has 0 bridgehead atoms. The number of hydrogen-bond donors (Lipinski definition) is 0. The Morgan fingerprint density at radius 2 is 1.87 bits per heavy atom. The van der Waals surface area contributed by atoms with E-state index in [0.717, 1.165) is 12.0 Å². The van der Waals surface area contributed by atoms with E-state index in [1.165, 1.54) is 16.7 Å². The monoisotopic (exact) mass is 204 g/mol. The number of halogens is 1. The maximum Gasteiger partial charge on any atom is 0.130 e. The third-order valence-corrected chi connectivity index (χ3v) is 3.19. The highest BCUT2D eigenvalue weighted by Gasteiger charge is 2.25. The Labute approximate surface area is 90.8 Å². The average molecular weight is 204 g/mol. The quantitative estimate of drug-likeness (QED) is 0.596. The molecule has 0 heterocycles. The van der Waals surface area contributed by atoms with Gasteiger partial charge in [0.05, 0.1) is 0 Å². The summed E-state index contributed by atoms with van der Waals surface area (Å²) in [5.74, 6) is -0.0881. The van der Waals surface area contributed by atoms with Crippen LogP contribution in [-0.2, 0) is 6.42 Å². The number of allylic oxidation sites excluding steroid dienone is 1. The maximum atomic E-state index is 13.6. The van der Waals surface area contributed by atoms with E-state index in [4.69, 9.17) is 0 Å². The number of aryl methyl sites for hydroxylation is 1. The molecule has 0 unspecified atom stereocenters. The molecule has 0 amide bonds. The highest BCUT2D eigenvalue weighted by atomic mass is 19.1. The van der Waals surface area contributed by atoms with Gasteiger partial charge in [0, 0.05) is 5.56 Å². The third-order valence-electron chi connectivity index (χ3n) is 3.19. The molecule has 1 aromatic rings. The lowest BCUT2D eigenvalue weighted by atomic mass is 9.85. The summed E-state index contributed by atoms with van der Waals surface area (Å²) in [4.78, 5) is 0. The van der Waals surface area contributed by atoms with Crippen LogP contribution in [0.25, 0.3) is 6.08 Å². The lowest BCUT2D eigenvalue weighted by Gasteiger charge is -2.20. The van der Waals surface area contributed by atoms with Crippen LogP contribution in [0.2, 0.25) is 0 Å². The smallest absolute Gasteiger partial charge is 0.130 e. The normalized spacial score (nSPS) is 15.1. The molecule has 0 fully saturated rings. The minimum absolute atomic E-state index is 0.0881. The summed E-state index contributed by atoms with van der Waals surface area (Å²) in [6.07, 6.45) is 2.93. The van der Waals surface area contributed by atoms with Gasteiger partial charge in [-0.2, -0.15) is 0 Å². The van der Waals surface area contributed by atoms with Gasteiger partial charge in [-0.15, -0.1) is 0 Å². The number of benzene rings is 1. The molecular weight excluding hydrogens is 187 g/mol. The highest BCUT2D eigenvalue weighted by Crippen LogP contribution is 2.38. The van der Waals surface area contributed by atoms with Gasteiger partial charge < -0.3 is 0 Å². The molecule has 0 N–H and O–H groups in total. The van der Waals surface area contributed by atoms with Crippen molar-refractivity contribution in [2.75, 3.05) is 0 Å². The van der Waals surface area contributed by atoms with Gasteiger partial charge in [0.25, 0.3) is 0 Å². The highest BCUT2D eigenvalue weighted by molar-refractivity contribution is 5.67. The fourth-order valence-electron chi connectivity index (χ4n) is 2.03. The molecule has 0 aliphatic heterocycles. The molecule has 0 atom stereocenters. The largest absolute Gasteiger partial charge is 0.206 e. The van der Waals surface area contributed by atoms with Crippen LogP contribution in [-0.4, -0.2) is 0 Å². The van der Waals surface area contributed by atoms with Crippen molar-refractivity contribution in [1.29, 1.82) is 0 Å². The molecule has 0 saturated carbocycles. The zero-order valence-electron chi connectivity index (χ0n) is 9.82. The zero-order valence-corrected chi connectivity index (χ0v) is 9.82. The van der Waals surface area contributed by atoms with Crippen molar-refractivity contribution >= 4 is 6.08 Å². The Bertz CT molecular complexity index is 433. The van der Waals surface area contributed by atoms with Crippen molar-refractivity contribution in [2.24, 2.45) is 5.41 Å². The minimum Gasteiger partial charge on any atom is -0.206 e. The fourth-order valence-corrected chi connectivity index (χ4v) is 2.03. The van der Waals surface area contributed by atoms with E-state index in [0.29, 0.717) is 0 Å². The van der Waals surface area contributed by atoms with Crippen molar-refractivity contribution in [2.45, 2.75) is 34.1 Å². The maximum absolute atomic E-state index is 13.6. The summed E-state index contributed by atoms with van der Waals surface area (Å²) >= 11 is 0. The molecule has 0 spiro atoms. The van der Waals surface area contributed by atoms with Gasteiger partial charge in [0.2, 0.25) is 0 Å². The second kappa shape index (κ2) is 3.19. The Morgan fingerprint density at radius 1 is 1.20 bits per heavy atom. The molecule has 15 heavy (non-hydrogen) atoms. The molecule has 1 aliphatic rings. The van der Waals surface area contributed by atoms with Gasteiger partial charge in [-0.25, -0.2) is 4.39 Å². The van der Waals surface area contributed by atoms with Crippen LogP contribution < -0.4 is 0 Å². The number of rotatable bonds is 0. The van der Waals surface area contributed by atoms with Gasteiger partial charge in [0.1, 0.15) is 5.82 Å². The first-order valence-corrected chi connectivity index (χ1v) is 5.38. The first-order valence-electron chi connectivity index (χ1n) is 5.38. The predicted molar refractivity (Wildman–Crippen MR) is 62.3 cm³/mol. The second-order valence-corrected chi connectivity index (χ2v) is 5.35. The van der Waals surface area contributed by atoms with E-state index in [1.807, 2.05) is 12.1 Å². The van der Waals surface area contributed by atoms with Crippen LogP contribution in [0.4, 0.5) is 4.39 Å². The van der Waals surface area contributed by atoms with Crippen molar-refractivity contribution in [3.63, 3.8) is 0 Å². The summed E-state index contributed by atoms with van der Waals surface area (Å²) in [6.45, 7) is 8.59. The summed E-state index contributed by atoms with van der Waals surface area (Å²) in [7, 11) is 0. The van der Waals surface area contributed by atoms with Crippen LogP contribution >= 0.6 is 0 Å². The molecule has 0 nitrogen and oxygen atoms in total. The Hall–Kier alpha value is -1.11. The Morgan fingerprint density at radius 3 is 2.40 bits per heavy atom. The summed E-state index contributed by atoms with van der Waals surface area (Å²) in [6, 6.07) is 3.43. The lowest BCUT2D eigenvalue weighted by Crippen LogP contribution is -2.09. The van der Waals surface area contributed by atoms with Gasteiger partial charge in [0.15, 0.2) is 0 Å². The Kier molecular flexibility index (Phi) is 2.22. The van der Waals surface area contributed by atoms with Crippen molar-refractivity contribution in [3.8, 4) is 0 Å². The van der Waals surface area contributed by atoms with Gasteiger partial charge in [-0.1, -0.05) is 38.5 Å². The molecule has 1 heteroatoms. The van der Waals surface area contributed by atoms with Gasteiger partial charge in [-0.3, -0.25) is 0 Å². The van der Waals surface area contributed by atoms with Gasteiger partial charge in [-0.05, 0) is 36.0 Å². The standard InChI is InChI=1S/C14H17F/c1-9-5-6-13(15)12-8-10(7-11(9)12)14(2,3)4/h5-6,8H,7H2,1-4H3. The average Bonchev–Trinajstić information content (AvgIpc) is 2.56. The lowest BCUT2D eigenvalue weighted by molar-refractivity contribution is 0.498. The molecule has 1 aliphatic carbocycles. The van der Waals surface area contributed by atoms with Crippen LogP contribution in [0.3, 0.4) is 0 Å². The molecule has 80 valence electrons. The number of hydrogen-bond acceptors (Lipinski definition) is 0. The van der Waals surface area contributed by atoms with Crippen molar-refractivity contribution in [3.05, 3.63) is 40.2 Å². The van der Waals surface area contributed by atoms with Crippen LogP contribution in [0.5, 0.6) is 0 Å². The topological polar surface area (TPSA) is 0 Å². The van der Waals surface area contributed by atoms with Crippen LogP contribution in [0.1, 0.15) is 37.5 Å². The fraction of sp³-hybridized carbons (Fsp3) is 0.429. The summed E-state index contributed by atoms with van der Waals surface area (Å²) in [5.41, 5.74) is 4.63. The Balaban J connectivity index is 2.51. The van der Waals surface area contributed by atoms with Gasteiger partial charge >= 0.3 is 0 Å². The van der Waals surface area contributed by atoms with E-state index >= 15 is 0 Å². The molecule has 1 aromatic carbocycles. The molecular formula is C14H17F. The molecule has 0 aromatic heterocycles. The summed E-state index contributed by atoms with van der Waals surface area (Å²) < 4.78 is 13.6. The van der Waals surface area contributed by atoms with Crippen molar-refractivity contribution < 1.29 is 4.39 Å². The van der Waals surface area contributed by atoms with E-state index in [1.54, 1.807) is 6.07 Å². The SMILES string of the molecule is Cc1ccc(F)c2c1CC(C(C)(C)C)=C2. The third kappa shape index (κ3) is 1.71. The van der Waals surface area contributed by atoms with E-state index in [-0.39, 0.29) is 11.2 Å². The van der Waals surface area contributed by atoms with E-state index in [9.17, 15) is 4.39 Å². The number of fused-ring (bicyclic) bond motifs is 1. The molecule has 0 saturated heterocycles. The molecule has 0 radical (unpaired) electrons. The predicted octanol–water partition coefficient (Wildman–Crippen LogP) is 4.12.